The van der Waals surface area contributed by atoms with E-state index in [4.69, 9.17) is 54.1 Å². The molecule has 0 unspecified atom stereocenters. The molecule has 2 heterocycles. The minimum absolute atomic E-state index is 0.131. The molecule has 0 amide bonds. The molecule has 0 spiro atoms. The Morgan fingerprint density at radius 1 is 0.476 bits per heavy atom. The summed E-state index contributed by atoms with van der Waals surface area (Å²) in [6.07, 6.45) is 22.1. The summed E-state index contributed by atoms with van der Waals surface area (Å²) in [5.41, 5.74) is 9.75. The van der Waals surface area contributed by atoms with Crippen molar-refractivity contribution in [1.29, 1.82) is 0 Å². The molecule has 0 saturated carbocycles. The van der Waals surface area contributed by atoms with Crippen molar-refractivity contribution in [2.45, 2.75) is 32.4 Å². The third-order valence-electron chi connectivity index (χ3n) is 11.3. The largest absolute Gasteiger partial charge is 0.481 e. The molecule has 8 heteroatoms. The zero-order chi connectivity index (χ0) is 43.8. The lowest BCUT2D eigenvalue weighted by atomic mass is 9.77. The summed E-state index contributed by atoms with van der Waals surface area (Å²) in [6, 6.07) is 40.9. The Labute approximate surface area is 370 Å². The van der Waals surface area contributed by atoms with Crippen molar-refractivity contribution in [3.05, 3.63) is 144 Å². The maximum absolute atomic E-state index is 6.35. The van der Waals surface area contributed by atoms with Crippen LogP contribution < -0.4 is 38.2 Å². The van der Waals surface area contributed by atoms with Gasteiger partial charge in [0.25, 0.3) is 0 Å². The first-order chi connectivity index (χ1) is 30.8. The highest BCUT2D eigenvalue weighted by atomic mass is 16.5. The fourth-order valence-electron chi connectivity index (χ4n) is 7.85. The summed E-state index contributed by atoms with van der Waals surface area (Å²) >= 11 is 0. The van der Waals surface area contributed by atoms with Crippen LogP contribution in [0.1, 0.15) is 36.1 Å². The first-order valence-corrected chi connectivity index (χ1v) is 20.5. The predicted molar refractivity (Wildman–Crippen MR) is 249 cm³/mol. The summed E-state index contributed by atoms with van der Waals surface area (Å²) < 4.78 is 36.2. The molecular formula is C55H46N2O6. The quantitative estimate of drug-likeness (QED) is 0.101. The first-order valence-electron chi connectivity index (χ1n) is 20.5. The Morgan fingerprint density at radius 3 is 1.25 bits per heavy atom. The van der Waals surface area contributed by atoms with E-state index in [1.165, 1.54) is 0 Å². The second kappa shape index (κ2) is 18.7. The first kappa shape index (κ1) is 41.7. The van der Waals surface area contributed by atoms with Crippen molar-refractivity contribution < 1.29 is 28.4 Å². The van der Waals surface area contributed by atoms with Gasteiger partial charge >= 0.3 is 0 Å². The van der Waals surface area contributed by atoms with Gasteiger partial charge in [-0.2, -0.15) is 0 Å². The number of hydrogen-bond acceptors (Lipinski definition) is 8. The lowest BCUT2D eigenvalue weighted by molar-refractivity contribution is 0.286. The van der Waals surface area contributed by atoms with Gasteiger partial charge < -0.3 is 38.2 Å². The molecule has 0 aliphatic carbocycles. The van der Waals surface area contributed by atoms with E-state index in [0.717, 1.165) is 78.9 Å². The molecule has 63 heavy (non-hydrogen) atoms. The van der Waals surface area contributed by atoms with Crippen LogP contribution >= 0.6 is 0 Å². The minimum atomic E-state index is -0.478. The minimum Gasteiger partial charge on any atom is -0.481 e. The van der Waals surface area contributed by atoms with Crippen molar-refractivity contribution in [1.82, 2.24) is 0 Å². The summed E-state index contributed by atoms with van der Waals surface area (Å²) in [6.45, 7) is 6.99. The van der Waals surface area contributed by atoms with Gasteiger partial charge in [-0.1, -0.05) is 86.1 Å². The Morgan fingerprint density at radius 2 is 0.857 bits per heavy atom. The zero-order valence-electron chi connectivity index (χ0n) is 35.4. The fraction of sp³-hybridized carbons (Fsp3) is 0.200. The predicted octanol–water partition coefficient (Wildman–Crippen LogP) is 10.1. The molecule has 0 N–H and O–H groups in total. The van der Waals surface area contributed by atoms with E-state index in [9.17, 15) is 0 Å². The van der Waals surface area contributed by atoms with Gasteiger partial charge in [-0.3, -0.25) is 0 Å². The number of hydrogen-bond donors (Lipinski definition) is 0. The van der Waals surface area contributed by atoms with Crippen LogP contribution in [0.4, 0.5) is 11.4 Å². The number of benzene rings is 6. The molecule has 6 aromatic rings. The summed E-state index contributed by atoms with van der Waals surface area (Å²) in [5.74, 6) is 14.7. The number of terminal acetylenes is 4. The van der Waals surface area contributed by atoms with Gasteiger partial charge in [0.2, 0.25) is 0 Å². The third-order valence-corrected chi connectivity index (χ3v) is 11.3. The van der Waals surface area contributed by atoms with Gasteiger partial charge in [0, 0.05) is 29.6 Å². The van der Waals surface area contributed by atoms with E-state index in [2.05, 4.69) is 95.9 Å². The van der Waals surface area contributed by atoms with Gasteiger partial charge in [-0.25, -0.2) is 0 Å². The number of rotatable bonds is 14. The maximum Gasteiger partial charge on any atom is 0.161 e. The molecule has 0 saturated heterocycles. The van der Waals surface area contributed by atoms with Crippen LogP contribution in [0.25, 0.3) is 22.3 Å². The Balaban J connectivity index is 1.08. The van der Waals surface area contributed by atoms with E-state index in [0.29, 0.717) is 38.1 Å². The number of nitrogens with zero attached hydrogens (tertiary/aromatic N) is 2. The fourth-order valence-corrected chi connectivity index (χ4v) is 7.85. The highest BCUT2D eigenvalue weighted by Gasteiger charge is 2.30. The van der Waals surface area contributed by atoms with E-state index >= 15 is 0 Å². The lowest BCUT2D eigenvalue weighted by Gasteiger charge is -2.35. The maximum atomic E-state index is 6.35. The number of ether oxygens (including phenoxy) is 6. The zero-order valence-corrected chi connectivity index (χ0v) is 35.4. The molecular weight excluding hydrogens is 785 g/mol. The van der Waals surface area contributed by atoms with Crippen LogP contribution in [-0.2, 0) is 18.5 Å². The number of fused-ring (bicyclic) bond motifs is 2. The lowest BCUT2D eigenvalue weighted by Crippen LogP contribution is -2.33. The second-order valence-electron chi connectivity index (χ2n) is 15.6. The Bertz CT molecular complexity index is 2590. The summed E-state index contributed by atoms with van der Waals surface area (Å²) in [5, 5.41) is 0. The van der Waals surface area contributed by atoms with E-state index in [-0.39, 0.29) is 26.4 Å². The van der Waals surface area contributed by atoms with Crippen LogP contribution in [0, 0.1) is 49.4 Å². The van der Waals surface area contributed by atoms with Crippen molar-refractivity contribution in [2.75, 3.05) is 49.7 Å². The molecule has 0 atom stereocenters. The smallest absolute Gasteiger partial charge is 0.161 e. The van der Waals surface area contributed by atoms with E-state index < -0.39 is 5.41 Å². The van der Waals surface area contributed by atoms with Gasteiger partial charge in [0.05, 0.1) is 11.4 Å². The molecule has 312 valence electrons. The monoisotopic (exact) mass is 830 g/mol. The standard InChI is InChI=1S/C55H46N2O6/c1-7-27-58-47-19-11-39(12-20-47)41-15-23-51-43(31-41)35-56(37-62-51)49-33-45(17-25-53(49)60-29-9-3)55(5,6)46-18-26-54(61-30-10-4)50(34-46)57-36-44-32-42(16-24-52(44)63-38-57)40-13-21-48(22-14-40)59-28-8-2/h1-4,11-26,31-34H,27-30,35-38H2,5-6H3. The van der Waals surface area contributed by atoms with Gasteiger partial charge in [0.1, 0.15) is 60.9 Å². The normalized spacial score (nSPS) is 12.7. The summed E-state index contributed by atoms with van der Waals surface area (Å²) in [4.78, 5) is 4.35. The second-order valence-corrected chi connectivity index (χ2v) is 15.6. The average Bonchev–Trinajstić information content (AvgIpc) is 3.33. The molecule has 0 bridgehead atoms. The Kier molecular flexibility index (Phi) is 12.4. The molecule has 6 aromatic carbocycles. The van der Waals surface area contributed by atoms with Crippen LogP contribution in [0.5, 0.6) is 34.5 Å². The molecule has 0 fully saturated rings. The highest BCUT2D eigenvalue weighted by molar-refractivity contribution is 5.71. The van der Waals surface area contributed by atoms with Crippen LogP contribution in [0.3, 0.4) is 0 Å². The van der Waals surface area contributed by atoms with E-state index in [1.807, 2.05) is 72.8 Å². The van der Waals surface area contributed by atoms with E-state index in [1.54, 1.807) is 0 Å². The van der Waals surface area contributed by atoms with Crippen molar-refractivity contribution in [2.24, 2.45) is 0 Å². The van der Waals surface area contributed by atoms with Gasteiger partial charge in [0.15, 0.2) is 13.5 Å². The SMILES string of the molecule is C#CCOc1ccc(-c2ccc3c(c2)CN(c2cc(C(C)(C)c4ccc(OCC#C)c(N5COc6ccc(-c7ccc(OCC#C)cc7)cc6C5)c4)ccc2OCC#C)CO3)cc1. The van der Waals surface area contributed by atoms with Crippen molar-refractivity contribution >= 4 is 11.4 Å². The van der Waals surface area contributed by atoms with Crippen LogP contribution in [-0.4, -0.2) is 39.9 Å². The molecule has 8 nitrogen and oxygen atoms in total. The molecule has 2 aliphatic rings. The molecule has 8 rings (SSSR count). The topological polar surface area (TPSA) is 61.9 Å². The van der Waals surface area contributed by atoms with Crippen molar-refractivity contribution in [3.63, 3.8) is 0 Å². The van der Waals surface area contributed by atoms with Crippen molar-refractivity contribution in [3.8, 4) is 106 Å². The van der Waals surface area contributed by atoms with Crippen LogP contribution in [0.15, 0.2) is 121 Å². The molecule has 0 radical (unpaired) electrons. The third kappa shape index (κ3) is 9.18. The van der Waals surface area contributed by atoms with Gasteiger partial charge in [-0.05, 0) is 106 Å². The molecule has 0 aromatic heterocycles. The van der Waals surface area contributed by atoms with Gasteiger partial charge in [-0.15, -0.1) is 25.7 Å². The average molecular weight is 831 g/mol. The molecule has 2 aliphatic heterocycles. The highest BCUT2D eigenvalue weighted by Crippen LogP contribution is 2.44. The Hall–Kier alpha value is -8.04. The summed E-state index contributed by atoms with van der Waals surface area (Å²) in [7, 11) is 0. The number of anilines is 2. The van der Waals surface area contributed by atoms with Crippen LogP contribution in [0.2, 0.25) is 0 Å².